The van der Waals surface area contributed by atoms with Crippen LogP contribution in [0.1, 0.15) is 25.8 Å². The summed E-state index contributed by atoms with van der Waals surface area (Å²) < 4.78 is 9.38. The van der Waals surface area contributed by atoms with E-state index in [2.05, 4.69) is 10.1 Å². The highest BCUT2D eigenvalue weighted by atomic mass is 16.6. The van der Waals surface area contributed by atoms with Crippen LogP contribution in [-0.4, -0.2) is 36.5 Å². The van der Waals surface area contributed by atoms with Gasteiger partial charge in [0.05, 0.1) is 12.5 Å². The largest absolute Gasteiger partial charge is 0.466 e. The third kappa shape index (κ3) is 7.58. The Labute approximate surface area is 181 Å². The first-order chi connectivity index (χ1) is 14.8. The van der Waals surface area contributed by atoms with E-state index in [9.17, 15) is 14.4 Å². The van der Waals surface area contributed by atoms with Crippen molar-refractivity contribution in [2.75, 3.05) is 6.61 Å². The second-order valence-corrected chi connectivity index (χ2v) is 7.08. The van der Waals surface area contributed by atoms with E-state index in [1.807, 2.05) is 54.6 Å². The fourth-order valence-corrected chi connectivity index (χ4v) is 3.15. The number of ether oxygens (including phenoxy) is 2. The van der Waals surface area contributed by atoms with E-state index >= 15 is 0 Å². The lowest BCUT2D eigenvalue weighted by Crippen LogP contribution is -2.43. The van der Waals surface area contributed by atoms with Crippen molar-refractivity contribution < 1.29 is 23.9 Å². The summed E-state index contributed by atoms with van der Waals surface area (Å²) in [4.78, 5) is 35.0. The van der Waals surface area contributed by atoms with Gasteiger partial charge < -0.3 is 20.5 Å². The second-order valence-electron chi connectivity index (χ2n) is 7.08. The number of primary amides is 1. The minimum Gasteiger partial charge on any atom is -0.466 e. The Morgan fingerprint density at radius 1 is 1.03 bits per heavy atom. The molecule has 2 aromatic carbocycles. The molecule has 31 heavy (non-hydrogen) atoms. The zero-order chi connectivity index (χ0) is 22.8. The molecule has 0 aliphatic heterocycles. The minimum atomic E-state index is -1.24. The van der Waals surface area contributed by atoms with E-state index in [-0.39, 0.29) is 19.0 Å². The number of carbonyl (C=O) groups is 3. The molecule has 0 fully saturated rings. The summed E-state index contributed by atoms with van der Waals surface area (Å²) in [6.45, 7) is 3.69. The monoisotopic (exact) mass is 425 g/mol. The quantitative estimate of drug-likeness (QED) is 0.340. The summed E-state index contributed by atoms with van der Waals surface area (Å²) in [6, 6.07) is 17.3. The molecule has 0 aliphatic rings. The van der Waals surface area contributed by atoms with Gasteiger partial charge in [-0.2, -0.15) is 0 Å². The lowest BCUT2D eigenvalue weighted by Gasteiger charge is -2.22. The van der Waals surface area contributed by atoms with Gasteiger partial charge in [0.25, 0.3) is 5.90 Å². The maximum absolute atomic E-state index is 12.2. The first kappa shape index (κ1) is 23.6. The Morgan fingerprint density at radius 2 is 1.65 bits per heavy atom. The number of benzene rings is 2. The molecule has 0 radical (unpaired) electrons. The zero-order valence-electron chi connectivity index (χ0n) is 17.6. The highest BCUT2D eigenvalue weighted by Gasteiger charge is 2.24. The van der Waals surface area contributed by atoms with Gasteiger partial charge >= 0.3 is 18.0 Å². The van der Waals surface area contributed by atoms with Gasteiger partial charge in [0.2, 0.25) is 0 Å². The third-order valence-electron chi connectivity index (χ3n) is 4.61. The summed E-state index contributed by atoms with van der Waals surface area (Å²) >= 11 is 0. The van der Waals surface area contributed by atoms with Crippen molar-refractivity contribution in [3.8, 4) is 11.1 Å². The van der Waals surface area contributed by atoms with Gasteiger partial charge in [-0.15, -0.1) is 0 Å². The molecule has 164 valence electrons. The number of rotatable bonds is 8. The molecule has 1 unspecified atom stereocenters. The predicted molar refractivity (Wildman–Crippen MR) is 116 cm³/mol. The van der Waals surface area contributed by atoms with Gasteiger partial charge in [-0.3, -0.25) is 15.0 Å². The third-order valence-corrected chi connectivity index (χ3v) is 4.61. The summed E-state index contributed by atoms with van der Waals surface area (Å²) in [7, 11) is 0. The molecule has 8 heteroatoms. The topological polar surface area (TPSA) is 132 Å². The first-order valence-electron chi connectivity index (χ1n) is 9.97. The van der Waals surface area contributed by atoms with Crippen molar-refractivity contribution in [1.29, 1.82) is 5.41 Å². The Balaban J connectivity index is 2.13. The molecule has 0 bridgehead atoms. The van der Waals surface area contributed by atoms with Crippen molar-refractivity contribution in [2.45, 2.75) is 32.7 Å². The molecule has 8 nitrogen and oxygen atoms in total. The fourth-order valence-electron chi connectivity index (χ4n) is 3.15. The average Bonchev–Trinajstić information content (AvgIpc) is 2.74. The van der Waals surface area contributed by atoms with Crippen LogP contribution in [0.2, 0.25) is 0 Å². The van der Waals surface area contributed by atoms with Gasteiger partial charge in [0.1, 0.15) is 0 Å². The van der Waals surface area contributed by atoms with Gasteiger partial charge in [-0.05, 0) is 36.5 Å². The molecule has 0 aromatic heterocycles. The Hall–Kier alpha value is -3.68. The molecule has 2 aromatic rings. The maximum atomic E-state index is 12.2. The maximum Gasteiger partial charge on any atom is 0.411 e. The number of esters is 1. The fraction of sp³-hybridized carbons (Fsp3) is 0.304. The molecule has 0 aliphatic carbocycles. The number of nitrogens with two attached hydrogens (primary N) is 1. The second kappa shape index (κ2) is 11.5. The molecular weight excluding hydrogens is 398 g/mol. The summed E-state index contributed by atoms with van der Waals surface area (Å²) in [5.41, 5.74) is 7.94. The van der Waals surface area contributed by atoms with Gasteiger partial charge in [-0.1, -0.05) is 61.5 Å². The lowest BCUT2D eigenvalue weighted by atomic mass is 9.95. The van der Waals surface area contributed by atoms with E-state index in [0.717, 1.165) is 16.7 Å². The SMILES string of the molecule is CCOC(=O)[C@H](C)CC(Cc1ccc(-c2ccccc2)cc1)NC(=O)C(=N)OC(N)=O. The Kier molecular flexibility index (Phi) is 8.75. The van der Waals surface area contributed by atoms with E-state index < -0.39 is 29.9 Å². The van der Waals surface area contributed by atoms with Crippen LogP contribution < -0.4 is 11.1 Å². The normalized spacial score (nSPS) is 12.3. The van der Waals surface area contributed by atoms with Crippen LogP contribution in [0.5, 0.6) is 0 Å². The number of carbonyl (C=O) groups excluding carboxylic acids is 3. The van der Waals surface area contributed by atoms with Crippen LogP contribution in [-0.2, 0) is 25.5 Å². The van der Waals surface area contributed by atoms with Crippen molar-refractivity contribution in [3.63, 3.8) is 0 Å². The molecule has 0 saturated carbocycles. The van der Waals surface area contributed by atoms with Gasteiger partial charge in [0.15, 0.2) is 0 Å². The van der Waals surface area contributed by atoms with Crippen LogP contribution in [0.25, 0.3) is 11.1 Å². The van der Waals surface area contributed by atoms with E-state index in [0.29, 0.717) is 6.42 Å². The van der Waals surface area contributed by atoms with Crippen LogP contribution in [0.15, 0.2) is 54.6 Å². The summed E-state index contributed by atoms with van der Waals surface area (Å²) in [5.74, 6) is -2.63. The van der Waals surface area contributed by atoms with E-state index in [1.54, 1.807) is 13.8 Å². The number of nitrogens with one attached hydrogen (secondary N) is 2. The Morgan fingerprint density at radius 3 is 2.23 bits per heavy atom. The standard InChI is InChI=1S/C23H27N3O5/c1-3-30-22(28)15(2)13-19(26-21(27)20(24)31-23(25)29)14-16-9-11-18(12-10-16)17-7-5-4-6-8-17/h4-12,15,19,24H,3,13-14H2,1-2H3,(H2,25,29)(H,26,27)/t15-,19?/m1/s1. The van der Waals surface area contributed by atoms with Crippen molar-refractivity contribution in [3.05, 3.63) is 60.2 Å². The molecular formula is C23H27N3O5. The molecule has 0 saturated heterocycles. The van der Waals surface area contributed by atoms with Gasteiger partial charge in [0, 0.05) is 6.04 Å². The van der Waals surface area contributed by atoms with Crippen molar-refractivity contribution in [2.24, 2.45) is 11.7 Å². The van der Waals surface area contributed by atoms with Crippen LogP contribution in [0.4, 0.5) is 4.79 Å². The predicted octanol–water partition coefficient (Wildman–Crippen LogP) is 3.04. The number of hydrogen-bond acceptors (Lipinski definition) is 6. The van der Waals surface area contributed by atoms with E-state index in [4.69, 9.17) is 15.9 Å². The number of amides is 2. The molecule has 2 amide bonds. The van der Waals surface area contributed by atoms with Crippen LogP contribution in [0.3, 0.4) is 0 Å². The average molecular weight is 425 g/mol. The van der Waals surface area contributed by atoms with Crippen LogP contribution in [0, 0.1) is 11.3 Å². The van der Waals surface area contributed by atoms with Gasteiger partial charge in [-0.25, -0.2) is 4.79 Å². The smallest absolute Gasteiger partial charge is 0.411 e. The summed E-state index contributed by atoms with van der Waals surface area (Å²) in [5, 5.41) is 10.2. The van der Waals surface area contributed by atoms with Crippen molar-refractivity contribution in [1.82, 2.24) is 5.32 Å². The molecule has 0 spiro atoms. The van der Waals surface area contributed by atoms with Crippen LogP contribution >= 0.6 is 0 Å². The molecule has 4 N–H and O–H groups in total. The molecule has 0 heterocycles. The summed E-state index contributed by atoms with van der Waals surface area (Å²) in [6.07, 6.45) is -0.545. The first-order valence-corrected chi connectivity index (χ1v) is 9.97. The highest BCUT2D eigenvalue weighted by Crippen LogP contribution is 2.21. The van der Waals surface area contributed by atoms with E-state index in [1.165, 1.54) is 0 Å². The minimum absolute atomic E-state index is 0.262. The number of hydrogen-bond donors (Lipinski definition) is 3. The highest BCUT2D eigenvalue weighted by molar-refractivity contribution is 6.35. The molecule has 2 rings (SSSR count). The molecule has 2 atom stereocenters. The van der Waals surface area contributed by atoms with Crippen molar-refractivity contribution >= 4 is 23.9 Å². The Bertz CT molecular complexity index is 913. The zero-order valence-corrected chi connectivity index (χ0v) is 17.6. The lowest BCUT2D eigenvalue weighted by molar-refractivity contribution is -0.148.